The number of nitrogens with zero attached hydrogens (tertiary/aromatic N) is 4. The predicted molar refractivity (Wildman–Crippen MR) is 203 cm³/mol. The van der Waals surface area contributed by atoms with Crippen LogP contribution in [0.1, 0.15) is 95.0 Å². The number of aromatic nitrogens is 2. The highest BCUT2D eigenvalue weighted by Gasteiger charge is 2.42. The average molecular weight is 741 g/mol. The minimum Gasteiger partial charge on any atom is -0.374 e. The van der Waals surface area contributed by atoms with Gasteiger partial charge < -0.3 is 20.9 Å². The summed E-state index contributed by atoms with van der Waals surface area (Å²) in [7, 11) is 0. The molecule has 1 aromatic heterocycles. The number of halogens is 2. The highest BCUT2D eigenvalue weighted by molar-refractivity contribution is 6.01. The molecule has 2 aliphatic heterocycles. The predicted octanol–water partition coefficient (Wildman–Crippen LogP) is 5.88. The molecule has 1 unspecified atom stereocenters. The van der Waals surface area contributed by atoms with Gasteiger partial charge in [0, 0.05) is 55.9 Å². The Kier molecular flexibility index (Phi) is 10.5. The number of anilines is 3. The number of amides is 3. The number of carbonyl (C=O) groups excluding carboxylic acids is 3. The van der Waals surface area contributed by atoms with Gasteiger partial charge in [0.25, 0.3) is 0 Å². The van der Waals surface area contributed by atoms with E-state index in [1.54, 1.807) is 12.1 Å². The molecule has 3 amide bonds. The Hall–Kier alpha value is -4.65. The Morgan fingerprint density at radius 1 is 0.870 bits per heavy atom. The zero-order chi connectivity index (χ0) is 37.2. The highest BCUT2D eigenvalue weighted by atomic mass is 19.1. The lowest BCUT2D eigenvalue weighted by molar-refractivity contribution is -0.133. The molecule has 2 saturated heterocycles. The summed E-state index contributed by atoms with van der Waals surface area (Å²) in [6.45, 7) is 3.07. The van der Waals surface area contributed by atoms with Crippen molar-refractivity contribution in [2.75, 3.05) is 41.7 Å². The minimum absolute atomic E-state index is 0.0233. The van der Waals surface area contributed by atoms with Crippen LogP contribution < -0.4 is 26.2 Å². The molecular weight excluding hydrogens is 690 g/mol. The SMILES string of the molecule is O=C1CCC(Nc2ccc(N3CCN(C4CCC(NC(=O)C5(Nc6ncc(F)c(-c7cccc(C8CC8)c7)n6)CCCCC5)CC4)CC3)c(F)c2)C(=O)N1. The van der Waals surface area contributed by atoms with Crippen LogP contribution in [-0.4, -0.2) is 82.4 Å². The van der Waals surface area contributed by atoms with Gasteiger partial charge in [-0.25, -0.2) is 18.7 Å². The van der Waals surface area contributed by atoms with Crippen molar-refractivity contribution in [1.29, 1.82) is 0 Å². The normalized spacial score (nSPS) is 24.8. The van der Waals surface area contributed by atoms with Crippen molar-refractivity contribution in [3.63, 3.8) is 0 Å². The third-order valence-corrected chi connectivity index (χ3v) is 12.2. The van der Waals surface area contributed by atoms with Gasteiger partial charge in [0.2, 0.25) is 23.7 Å². The van der Waals surface area contributed by atoms with E-state index in [2.05, 4.69) is 47.1 Å². The molecule has 5 aliphatic rings. The number of hydrogen-bond acceptors (Lipinski definition) is 9. The van der Waals surface area contributed by atoms with Crippen LogP contribution in [0.4, 0.5) is 26.1 Å². The molecule has 3 aromatic rings. The maximum absolute atomic E-state index is 15.3. The van der Waals surface area contributed by atoms with Crippen LogP contribution >= 0.6 is 0 Å². The Bertz CT molecular complexity index is 1870. The van der Waals surface area contributed by atoms with Gasteiger partial charge in [-0.2, -0.15) is 0 Å². The maximum atomic E-state index is 15.3. The fourth-order valence-corrected chi connectivity index (χ4v) is 8.89. The summed E-state index contributed by atoms with van der Waals surface area (Å²) in [4.78, 5) is 51.1. The van der Waals surface area contributed by atoms with Crippen molar-refractivity contribution in [1.82, 2.24) is 25.5 Å². The maximum Gasteiger partial charge on any atom is 0.249 e. The molecule has 54 heavy (non-hydrogen) atoms. The van der Waals surface area contributed by atoms with Gasteiger partial charge in [0.1, 0.15) is 23.1 Å². The third kappa shape index (κ3) is 8.06. The van der Waals surface area contributed by atoms with Crippen molar-refractivity contribution < 1.29 is 23.2 Å². The van der Waals surface area contributed by atoms with Gasteiger partial charge in [0.15, 0.2) is 5.82 Å². The van der Waals surface area contributed by atoms with Crippen LogP contribution in [0.2, 0.25) is 0 Å². The zero-order valence-electron chi connectivity index (χ0n) is 30.7. The molecule has 286 valence electrons. The van der Waals surface area contributed by atoms with Crippen LogP contribution in [0.25, 0.3) is 11.3 Å². The summed E-state index contributed by atoms with van der Waals surface area (Å²) < 4.78 is 30.3. The standard InChI is InChI=1S/C41H50F2N8O3/c42-32-24-30(45-34-14-16-36(52)47-38(34)53)11-15-35(32)51-21-19-50(20-22-51)31-12-9-29(10-13-31)46-39(54)41(17-2-1-3-18-41)49-40-44-25-33(43)37(48-40)28-6-4-5-27(23-28)26-7-8-26/h4-6,11,15,23-26,29,31,34,45H,1-3,7-10,12-14,16-22H2,(H,46,54)(H,44,48,49)(H,47,52,53). The number of piperazine rings is 1. The third-order valence-electron chi connectivity index (χ3n) is 12.2. The van der Waals surface area contributed by atoms with Crippen molar-refractivity contribution >= 4 is 35.0 Å². The molecule has 2 aromatic carbocycles. The average Bonchev–Trinajstić information content (AvgIpc) is 4.04. The molecular formula is C41H50F2N8O3. The number of piperidine rings is 1. The van der Waals surface area contributed by atoms with E-state index < -0.39 is 17.4 Å². The number of benzene rings is 2. The summed E-state index contributed by atoms with van der Waals surface area (Å²) in [5.74, 6) is -0.683. The number of imide groups is 1. The number of carbonyl (C=O) groups is 3. The molecule has 13 heteroatoms. The van der Waals surface area contributed by atoms with Crippen molar-refractivity contribution in [2.45, 2.75) is 113 Å². The van der Waals surface area contributed by atoms with E-state index in [1.807, 2.05) is 18.2 Å². The van der Waals surface area contributed by atoms with E-state index in [4.69, 9.17) is 0 Å². The fourth-order valence-electron chi connectivity index (χ4n) is 8.89. The van der Waals surface area contributed by atoms with Gasteiger partial charge in [-0.1, -0.05) is 37.5 Å². The van der Waals surface area contributed by atoms with Gasteiger partial charge in [-0.3, -0.25) is 24.6 Å². The quantitative estimate of drug-likeness (QED) is 0.188. The largest absolute Gasteiger partial charge is 0.374 e. The van der Waals surface area contributed by atoms with Gasteiger partial charge >= 0.3 is 0 Å². The van der Waals surface area contributed by atoms with Crippen LogP contribution in [0, 0.1) is 11.6 Å². The minimum atomic E-state index is -0.842. The monoisotopic (exact) mass is 740 g/mol. The van der Waals surface area contributed by atoms with E-state index >= 15 is 8.78 Å². The molecule has 3 saturated carbocycles. The van der Waals surface area contributed by atoms with Crippen molar-refractivity contribution in [3.05, 3.63) is 65.9 Å². The Morgan fingerprint density at radius 3 is 2.37 bits per heavy atom. The van der Waals surface area contributed by atoms with Crippen molar-refractivity contribution in [3.8, 4) is 11.3 Å². The van der Waals surface area contributed by atoms with E-state index in [1.165, 1.54) is 17.8 Å². The topological polar surface area (TPSA) is 132 Å². The molecule has 3 aliphatic carbocycles. The highest BCUT2D eigenvalue weighted by Crippen LogP contribution is 2.41. The smallest absolute Gasteiger partial charge is 0.249 e. The summed E-state index contributed by atoms with van der Waals surface area (Å²) in [6, 6.07) is 12.8. The molecule has 1 atom stereocenters. The first-order chi connectivity index (χ1) is 26.2. The molecule has 3 heterocycles. The Morgan fingerprint density at radius 2 is 1.65 bits per heavy atom. The van der Waals surface area contributed by atoms with Crippen LogP contribution in [-0.2, 0) is 14.4 Å². The molecule has 8 rings (SSSR count). The second kappa shape index (κ2) is 15.6. The number of nitrogens with one attached hydrogen (secondary N) is 4. The lowest BCUT2D eigenvalue weighted by atomic mass is 9.80. The molecule has 0 spiro atoms. The molecule has 11 nitrogen and oxygen atoms in total. The van der Waals surface area contributed by atoms with E-state index in [9.17, 15) is 14.4 Å². The molecule has 0 radical (unpaired) electrons. The summed E-state index contributed by atoms with van der Waals surface area (Å²) >= 11 is 0. The van der Waals surface area contributed by atoms with E-state index in [0.29, 0.717) is 55.7 Å². The van der Waals surface area contributed by atoms with Gasteiger partial charge in [-0.15, -0.1) is 0 Å². The molecule has 4 N–H and O–H groups in total. The summed E-state index contributed by atoms with van der Waals surface area (Å²) in [6.07, 6.45) is 12.1. The fraction of sp³-hybridized carbons (Fsp3) is 0.537. The first-order valence-corrected chi connectivity index (χ1v) is 19.8. The number of hydrogen-bond donors (Lipinski definition) is 4. The van der Waals surface area contributed by atoms with Gasteiger partial charge in [0.05, 0.1) is 11.9 Å². The first-order valence-electron chi connectivity index (χ1n) is 19.8. The lowest BCUT2D eigenvalue weighted by Gasteiger charge is -2.43. The molecule has 5 fully saturated rings. The second-order valence-corrected chi connectivity index (χ2v) is 15.9. The second-order valence-electron chi connectivity index (χ2n) is 15.9. The number of rotatable bonds is 10. The van der Waals surface area contributed by atoms with Crippen LogP contribution in [0.5, 0.6) is 0 Å². The Labute approximate surface area is 315 Å². The Balaban J connectivity index is 0.837. The first kappa shape index (κ1) is 36.3. The van der Waals surface area contributed by atoms with Crippen molar-refractivity contribution in [2.24, 2.45) is 0 Å². The molecule has 0 bridgehead atoms. The van der Waals surface area contributed by atoms with Gasteiger partial charge in [-0.05, 0) is 93.5 Å². The van der Waals surface area contributed by atoms with E-state index in [0.717, 1.165) is 76.4 Å². The summed E-state index contributed by atoms with van der Waals surface area (Å²) in [5, 5.41) is 12.2. The summed E-state index contributed by atoms with van der Waals surface area (Å²) in [5.41, 5.74) is 2.41. The van der Waals surface area contributed by atoms with E-state index in [-0.39, 0.29) is 47.6 Å². The van der Waals surface area contributed by atoms with Crippen LogP contribution in [0.3, 0.4) is 0 Å². The zero-order valence-corrected chi connectivity index (χ0v) is 30.7. The lowest BCUT2D eigenvalue weighted by Crippen LogP contribution is -2.57. The van der Waals surface area contributed by atoms with Crippen LogP contribution in [0.15, 0.2) is 48.7 Å².